The summed E-state index contributed by atoms with van der Waals surface area (Å²) < 4.78 is 43.1. The minimum atomic E-state index is -1.90. The topological polar surface area (TPSA) is 38.9 Å². The number of benzene rings is 3. The molecule has 0 aliphatic heterocycles. The van der Waals surface area contributed by atoms with Crippen molar-refractivity contribution in [1.82, 2.24) is 9.97 Å². The van der Waals surface area contributed by atoms with Gasteiger partial charge in [-0.2, -0.15) is 0 Å². The quantitative estimate of drug-likeness (QED) is 0.128. The third kappa shape index (κ3) is 8.20. The van der Waals surface area contributed by atoms with Crippen LogP contribution in [0.2, 0.25) is 17.3 Å². The minimum absolute atomic E-state index is 0. The van der Waals surface area contributed by atoms with Gasteiger partial charge in [-0.25, -0.2) is 8.78 Å². The summed E-state index contributed by atoms with van der Waals surface area (Å²) in [5.41, 5.74) is 6.36. The Kier molecular flexibility index (Phi) is 10.6. The molecular weight excluding hydrogens is 815 g/mol. The van der Waals surface area contributed by atoms with Crippen molar-refractivity contribution in [3.63, 3.8) is 0 Å². The van der Waals surface area contributed by atoms with Gasteiger partial charge in [0.2, 0.25) is 0 Å². The molecule has 0 spiro atoms. The van der Waals surface area contributed by atoms with Crippen LogP contribution in [0.15, 0.2) is 83.5 Å². The van der Waals surface area contributed by atoms with Crippen molar-refractivity contribution >= 4 is 39.6 Å². The van der Waals surface area contributed by atoms with Gasteiger partial charge in [-0.1, -0.05) is 36.4 Å². The number of furan rings is 1. The molecule has 0 saturated heterocycles. The first-order valence-corrected chi connectivity index (χ1v) is 22.5. The second-order valence-electron chi connectivity index (χ2n) is 13.9. The molecule has 241 valence electrons. The van der Waals surface area contributed by atoms with Gasteiger partial charge in [0, 0.05) is 45.2 Å². The summed E-state index contributed by atoms with van der Waals surface area (Å²) in [5, 5.41) is 0.780. The fourth-order valence-electron chi connectivity index (χ4n) is 5.45. The van der Waals surface area contributed by atoms with E-state index in [1.807, 2.05) is 18.2 Å². The number of pyridine rings is 2. The van der Waals surface area contributed by atoms with Crippen LogP contribution in [0.5, 0.6) is 0 Å². The average molecular weight is 857 g/mol. The van der Waals surface area contributed by atoms with Gasteiger partial charge in [0.25, 0.3) is 0 Å². The van der Waals surface area contributed by atoms with Crippen molar-refractivity contribution in [2.24, 2.45) is 5.41 Å². The third-order valence-corrected chi connectivity index (χ3v) is 11.9. The second kappa shape index (κ2) is 14.3. The molecule has 7 heteroatoms. The van der Waals surface area contributed by atoms with Crippen molar-refractivity contribution in [3.8, 4) is 22.5 Å². The van der Waals surface area contributed by atoms with E-state index < -0.39 is 30.8 Å². The van der Waals surface area contributed by atoms with E-state index in [-0.39, 0.29) is 31.1 Å². The Balaban J connectivity index is 0.000000212. The summed E-state index contributed by atoms with van der Waals surface area (Å²) in [5.74, 6) is 5.19. The van der Waals surface area contributed by atoms with Crippen molar-refractivity contribution in [2.75, 3.05) is 0 Å². The van der Waals surface area contributed by atoms with Crippen LogP contribution in [0.25, 0.3) is 44.5 Å². The Hall–Kier alpha value is -3.19. The van der Waals surface area contributed by atoms with E-state index in [1.54, 1.807) is 44.3 Å². The molecule has 0 N–H and O–H groups in total. The van der Waals surface area contributed by atoms with Crippen LogP contribution in [0.3, 0.4) is 0 Å². The SMILES string of the molecule is CC(C)(C)Cc1cc(-c2[c-]cccc2)nc[c]1[Ge]([CH3])([CH3])[CH3].[2H]C(C)(C)c1ccnc(-c2[c-]ccc3c2oc2cc(F)cc(F)c23)c1.[Ir]. The maximum atomic E-state index is 14.2. The van der Waals surface area contributed by atoms with Crippen molar-refractivity contribution in [2.45, 2.75) is 64.2 Å². The van der Waals surface area contributed by atoms with Gasteiger partial charge in [-0.05, 0) is 17.7 Å². The summed E-state index contributed by atoms with van der Waals surface area (Å²) in [4.78, 5) is 9.06. The van der Waals surface area contributed by atoms with Crippen LogP contribution < -0.4 is 4.40 Å². The second-order valence-corrected chi connectivity index (χ2v) is 24.4. The molecule has 0 fully saturated rings. The van der Waals surface area contributed by atoms with Gasteiger partial charge >= 0.3 is 132 Å². The van der Waals surface area contributed by atoms with Crippen LogP contribution in [0, 0.1) is 29.2 Å². The first-order chi connectivity index (χ1) is 21.5. The molecule has 0 unspecified atom stereocenters. The maximum Gasteiger partial charge on any atom is 0.136 e. The van der Waals surface area contributed by atoms with Gasteiger partial charge in [0.15, 0.2) is 0 Å². The van der Waals surface area contributed by atoms with Crippen LogP contribution in [-0.2, 0) is 26.5 Å². The van der Waals surface area contributed by atoms with E-state index in [0.717, 1.165) is 29.3 Å². The molecule has 0 atom stereocenters. The van der Waals surface area contributed by atoms with E-state index in [2.05, 4.69) is 73.5 Å². The zero-order valence-electron chi connectivity index (χ0n) is 28.6. The molecular formula is C39H40F2GeIrN2O-2. The maximum absolute atomic E-state index is 14.2. The van der Waals surface area contributed by atoms with E-state index in [1.165, 1.54) is 16.0 Å². The van der Waals surface area contributed by atoms with Crippen molar-refractivity contribution in [1.29, 1.82) is 0 Å². The largest absolute Gasteiger partial charge is 0.500 e. The van der Waals surface area contributed by atoms with E-state index in [9.17, 15) is 8.78 Å². The number of aromatic nitrogens is 2. The third-order valence-electron chi connectivity index (χ3n) is 7.55. The molecule has 3 heterocycles. The van der Waals surface area contributed by atoms with E-state index >= 15 is 0 Å². The van der Waals surface area contributed by atoms with Gasteiger partial charge in [0.1, 0.15) is 17.2 Å². The van der Waals surface area contributed by atoms with Crippen LogP contribution >= 0.6 is 0 Å². The Bertz CT molecular complexity index is 2010. The van der Waals surface area contributed by atoms with Crippen LogP contribution in [0.4, 0.5) is 8.78 Å². The first kappa shape index (κ1) is 34.2. The molecule has 1 radical (unpaired) electrons. The molecule has 0 bridgehead atoms. The Labute approximate surface area is 289 Å². The molecule has 46 heavy (non-hydrogen) atoms. The summed E-state index contributed by atoms with van der Waals surface area (Å²) in [7, 11) is 0. The van der Waals surface area contributed by atoms with Gasteiger partial charge in [0.05, 0.1) is 5.58 Å². The zero-order valence-corrected chi connectivity index (χ0v) is 32.1. The predicted octanol–water partition coefficient (Wildman–Crippen LogP) is 10.5. The average Bonchev–Trinajstić information content (AvgIpc) is 3.35. The fraction of sp³-hybridized carbons (Fsp3) is 0.282. The van der Waals surface area contributed by atoms with E-state index in [4.69, 9.17) is 10.8 Å². The van der Waals surface area contributed by atoms with Gasteiger partial charge in [-0.15, -0.1) is 18.2 Å². The summed E-state index contributed by atoms with van der Waals surface area (Å²) in [6.07, 6.45) is 4.86. The monoisotopic (exact) mass is 858 g/mol. The van der Waals surface area contributed by atoms with Crippen molar-refractivity contribution in [3.05, 3.63) is 114 Å². The molecule has 3 nitrogen and oxygen atoms in total. The molecule has 0 aliphatic rings. The molecule has 6 rings (SSSR count). The Morgan fingerprint density at radius 1 is 0.935 bits per heavy atom. The van der Waals surface area contributed by atoms with Crippen LogP contribution in [-0.4, -0.2) is 23.2 Å². The van der Waals surface area contributed by atoms with Gasteiger partial charge in [-0.3, -0.25) is 0 Å². The fourth-order valence-corrected chi connectivity index (χ4v) is 8.75. The van der Waals surface area contributed by atoms with Crippen LogP contribution in [0.1, 0.15) is 53.0 Å². The smallest absolute Gasteiger partial charge is 0.136 e. The number of fused-ring (bicyclic) bond motifs is 3. The summed E-state index contributed by atoms with van der Waals surface area (Å²) in [6.45, 7) is 10.5. The molecule has 0 saturated carbocycles. The molecule has 3 aromatic heterocycles. The Morgan fingerprint density at radius 3 is 2.35 bits per heavy atom. The number of rotatable bonds is 5. The number of hydrogen-bond acceptors (Lipinski definition) is 3. The molecule has 0 amide bonds. The molecule has 3 aromatic carbocycles. The Morgan fingerprint density at radius 2 is 1.70 bits per heavy atom. The summed E-state index contributed by atoms with van der Waals surface area (Å²) >= 11 is -1.90. The minimum Gasteiger partial charge on any atom is -0.500 e. The molecule has 0 aliphatic carbocycles. The van der Waals surface area contributed by atoms with Crippen molar-refractivity contribution < 1.29 is 34.7 Å². The molecule has 6 aromatic rings. The van der Waals surface area contributed by atoms with E-state index in [0.29, 0.717) is 27.6 Å². The zero-order chi connectivity index (χ0) is 33.4. The summed E-state index contributed by atoms with van der Waals surface area (Å²) in [6, 6.07) is 25.7. The normalized spacial score (nSPS) is 12.3. The predicted molar refractivity (Wildman–Crippen MR) is 184 cm³/mol. The standard InChI is InChI=1S/C20H14F2NO.C19H26GeN.Ir/c1-11(2)12-6-7-23-17(8-12)14-4-3-5-15-19-16(22)9-13(21)10-18(19)24-20(14)15;1-19(2,3)13-16-12-18(15-10-8-7-9-11-15)21-14-17(16)20(4,5)6;/h3,5-11H,1-2H3;7-10,12,14H,13H2,1-6H3;/q2*-1;/i11D;;. The van der Waals surface area contributed by atoms with Gasteiger partial charge < -0.3 is 9.40 Å². The first-order valence-electron chi connectivity index (χ1n) is 15.7. The number of halogens is 2. The number of hydrogen-bond donors (Lipinski definition) is 0. The number of nitrogens with zero attached hydrogens (tertiary/aromatic N) is 2.